The average molecular weight is 288 g/mol. The van der Waals surface area contributed by atoms with Crippen LogP contribution in [0, 0.1) is 10.1 Å². The van der Waals surface area contributed by atoms with Gasteiger partial charge in [0.2, 0.25) is 0 Å². The predicted octanol–water partition coefficient (Wildman–Crippen LogP) is 3.35. The van der Waals surface area contributed by atoms with E-state index in [4.69, 9.17) is 0 Å². The van der Waals surface area contributed by atoms with Crippen LogP contribution in [0.5, 0.6) is 0 Å². The first-order valence-electron chi connectivity index (χ1n) is 5.18. The number of unbranched alkanes of at least 4 members (excludes halogenated alkanes) is 2. The van der Waals surface area contributed by atoms with Crippen molar-refractivity contribution < 1.29 is 4.92 Å². The van der Waals surface area contributed by atoms with E-state index in [9.17, 15) is 10.1 Å². The van der Waals surface area contributed by atoms with E-state index in [1.807, 2.05) is 0 Å². The SMILES string of the molecule is CCCCCNc1c(Br)cncc1[N+](=O)[O-]. The largest absolute Gasteiger partial charge is 0.378 e. The molecule has 0 saturated carbocycles. The van der Waals surface area contributed by atoms with Gasteiger partial charge in [-0.1, -0.05) is 19.8 Å². The van der Waals surface area contributed by atoms with Crippen molar-refractivity contribution in [1.82, 2.24) is 4.98 Å². The van der Waals surface area contributed by atoms with Crippen LogP contribution < -0.4 is 5.32 Å². The number of rotatable bonds is 6. The lowest BCUT2D eigenvalue weighted by Crippen LogP contribution is -2.05. The van der Waals surface area contributed by atoms with Crippen LogP contribution in [0.4, 0.5) is 11.4 Å². The number of hydrogen-bond donors (Lipinski definition) is 1. The molecule has 0 radical (unpaired) electrons. The number of halogens is 1. The van der Waals surface area contributed by atoms with Crippen molar-refractivity contribution in [1.29, 1.82) is 0 Å². The van der Waals surface area contributed by atoms with E-state index < -0.39 is 4.92 Å². The third kappa shape index (κ3) is 3.44. The first-order valence-corrected chi connectivity index (χ1v) is 5.98. The number of nitro groups is 1. The topological polar surface area (TPSA) is 68.1 Å². The number of aromatic nitrogens is 1. The molecule has 0 aliphatic heterocycles. The van der Waals surface area contributed by atoms with Gasteiger partial charge in [-0.25, -0.2) is 0 Å². The normalized spacial score (nSPS) is 10.1. The summed E-state index contributed by atoms with van der Waals surface area (Å²) in [6, 6.07) is 0. The first kappa shape index (κ1) is 12.9. The fourth-order valence-electron chi connectivity index (χ4n) is 1.33. The molecule has 0 spiro atoms. The van der Waals surface area contributed by atoms with Crippen molar-refractivity contribution in [2.24, 2.45) is 0 Å². The Kier molecular flexibility index (Phi) is 5.18. The van der Waals surface area contributed by atoms with Gasteiger partial charge in [-0.2, -0.15) is 0 Å². The highest BCUT2D eigenvalue weighted by Crippen LogP contribution is 2.30. The molecule has 16 heavy (non-hydrogen) atoms. The van der Waals surface area contributed by atoms with E-state index >= 15 is 0 Å². The molecule has 0 fully saturated rings. The Labute approximate surface area is 103 Å². The summed E-state index contributed by atoms with van der Waals surface area (Å²) < 4.78 is 0.623. The average Bonchev–Trinajstić information content (AvgIpc) is 2.25. The van der Waals surface area contributed by atoms with Gasteiger partial charge in [0.25, 0.3) is 0 Å². The van der Waals surface area contributed by atoms with Crippen molar-refractivity contribution in [2.45, 2.75) is 26.2 Å². The van der Waals surface area contributed by atoms with E-state index in [0.29, 0.717) is 10.2 Å². The predicted molar refractivity (Wildman–Crippen MR) is 66.6 cm³/mol. The lowest BCUT2D eigenvalue weighted by atomic mass is 10.2. The number of hydrogen-bond acceptors (Lipinski definition) is 4. The zero-order valence-corrected chi connectivity index (χ0v) is 10.7. The van der Waals surface area contributed by atoms with Crippen molar-refractivity contribution >= 4 is 27.3 Å². The van der Waals surface area contributed by atoms with Crippen LogP contribution in [0.3, 0.4) is 0 Å². The third-order valence-corrected chi connectivity index (χ3v) is 2.76. The van der Waals surface area contributed by atoms with Crippen LogP contribution in [0.25, 0.3) is 0 Å². The molecule has 1 heterocycles. The Balaban J connectivity index is 2.73. The van der Waals surface area contributed by atoms with E-state index in [-0.39, 0.29) is 5.69 Å². The van der Waals surface area contributed by atoms with Crippen LogP contribution in [-0.4, -0.2) is 16.5 Å². The van der Waals surface area contributed by atoms with Gasteiger partial charge in [-0.05, 0) is 22.4 Å². The monoisotopic (exact) mass is 287 g/mol. The summed E-state index contributed by atoms with van der Waals surface area (Å²) in [5.41, 5.74) is 0.516. The van der Waals surface area contributed by atoms with Crippen LogP contribution in [-0.2, 0) is 0 Å². The molecule has 0 bridgehead atoms. The highest BCUT2D eigenvalue weighted by molar-refractivity contribution is 9.10. The smallest absolute Gasteiger partial charge is 0.311 e. The second-order valence-corrected chi connectivity index (χ2v) is 4.26. The Morgan fingerprint density at radius 1 is 1.50 bits per heavy atom. The van der Waals surface area contributed by atoms with Crippen LogP contribution in [0.15, 0.2) is 16.9 Å². The van der Waals surface area contributed by atoms with Crippen LogP contribution in [0.1, 0.15) is 26.2 Å². The second kappa shape index (κ2) is 6.42. The first-order chi connectivity index (χ1) is 7.66. The molecule has 1 aromatic rings. The number of nitrogens with one attached hydrogen (secondary N) is 1. The van der Waals surface area contributed by atoms with Gasteiger partial charge in [-0.15, -0.1) is 0 Å². The summed E-state index contributed by atoms with van der Waals surface area (Å²) in [5.74, 6) is 0. The summed E-state index contributed by atoms with van der Waals surface area (Å²) in [6.07, 6.45) is 6.05. The van der Waals surface area contributed by atoms with E-state index in [1.165, 1.54) is 6.20 Å². The molecule has 1 N–H and O–H groups in total. The molecule has 0 amide bonds. The Bertz CT molecular complexity index is 371. The molecular formula is C10H14BrN3O2. The maximum absolute atomic E-state index is 10.8. The lowest BCUT2D eigenvalue weighted by Gasteiger charge is -2.07. The Hall–Kier alpha value is -1.17. The second-order valence-electron chi connectivity index (χ2n) is 3.41. The highest BCUT2D eigenvalue weighted by atomic mass is 79.9. The summed E-state index contributed by atoms with van der Waals surface area (Å²) in [4.78, 5) is 14.1. The summed E-state index contributed by atoms with van der Waals surface area (Å²) in [7, 11) is 0. The lowest BCUT2D eigenvalue weighted by molar-refractivity contribution is -0.384. The van der Waals surface area contributed by atoms with Gasteiger partial charge in [0, 0.05) is 12.7 Å². The summed E-state index contributed by atoms with van der Waals surface area (Å²) >= 11 is 3.26. The van der Waals surface area contributed by atoms with Crippen LogP contribution >= 0.6 is 15.9 Å². The quantitative estimate of drug-likeness (QED) is 0.495. The number of pyridine rings is 1. The minimum atomic E-state index is -0.431. The van der Waals surface area contributed by atoms with E-state index in [2.05, 4.69) is 33.2 Å². The third-order valence-electron chi connectivity index (χ3n) is 2.16. The molecule has 0 atom stereocenters. The molecule has 6 heteroatoms. The molecule has 0 aliphatic rings. The van der Waals surface area contributed by atoms with Gasteiger partial charge in [0.15, 0.2) is 0 Å². The van der Waals surface area contributed by atoms with Gasteiger partial charge in [-0.3, -0.25) is 15.1 Å². The fourth-order valence-corrected chi connectivity index (χ4v) is 1.79. The zero-order chi connectivity index (χ0) is 12.0. The Morgan fingerprint density at radius 3 is 2.88 bits per heavy atom. The maximum atomic E-state index is 10.8. The van der Waals surface area contributed by atoms with Gasteiger partial charge >= 0.3 is 5.69 Å². The molecule has 0 aromatic carbocycles. The van der Waals surface area contributed by atoms with E-state index in [0.717, 1.165) is 25.8 Å². The fraction of sp³-hybridized carbons (Fsp3) is 0.500. The summed E-state index contributed by atoms with van der Waals surface area (Å²) in [6.45, 7) is 2.85. The van der Waals surface area contributed by atoms with Crippen molar-refractivity contribution in [3.63, 3.8) is 0 Å². The molecule has 1 rings (SSSR count). The van der Waals surface area contributed by atoms with Gasteiger partial charge in [0.1, 0.15) is 11.9 Å². The van der Waals surface area contributed by atoms with Crippen molar-refractivity contribution in [3.05, 3.63) is 27.0 Å². The molecule has 0 unspecified atom stereocenters. The molecule has 0 aliphatic carbocycles. The minimum Gasteiger partial charge on any atom is -0.378 e. The highest BCUT2D eigenvalue weighted by Gasteiger charge is 2.16. The molecule has 1 aromatic heterocycles. The number of anilines is 1. The van der Waals surface area contributed by atoms with Gasteiger partial charge < -0.3 is 5.32 Å². The van der Waals surface area contributed by atoms with Crippen molar-refractivity contribution in [3.8, 4) is 0 Å². The van der Waals surface area contributed by atoms with Crippen LogP contribution in [0.2, 0.25) is 0 Å². The van der Waals surface area contributed by atoms with Gasteiger partial charge in [0.05, 0.1) is 9.40 Å². The molecule has 0 saturated heterocycles. The summed E-state index contributed by atoms with van der Waals surface area (Å²) in [5, 5.41) is 13.8. The van der Waals surface area contributed by atoms with Crippen molar-refractivity contribution in [2.75, 3.05) is 11.9 Å². The minimum absolute atomic E-state index is 0.00544. The molecular weight excluding hydrogens is 274 g/mol. The molecule has 5 nitrogen and oxygen atoms in total. The standard InChI is InChI=1S/C10H14BrN3O2/c1-2-3-4-5-13-10-8(11)6-12-7-9(10)14(15)16/h6-7H,2-5H2,1H3,(H,12,13). The number of nitrogens with zero attached hydrogens (tertiary/aromatic N) is 2. The Morgan fingerprint density at radius 2 is 2.25 bits per heavy atom. The maximum Gasteiger partial charge on any atom is 0.311 e. The molecule has 88 valence electrons. The van der Waals surface area contributed by atoms with E-state index in [1.54, 1.807) is 6.20 Å². The zero-order valence-electron chi connectivity index (χ0n) is 9.07.